The molecule has 0 N–H and O–H groups in total. The van der Waals surface area contributed by atoms with Gasteiger partial charge in [-0.1, -0.05) is 31.2 Å². The van der Waals surface area contributed by atoms with E-state index >= 15 is 0 Å². The summed E-state index contributed by atoms with van der Waals surface area (Å²) in [6.45, 7) is 13.3. The highest BCUT2D eigenvalue weighted by Crippen LogP contribution is 2.32. The van der Waals surface area contributed by atoms with Gasteiger partial charge < -0.3 is 0 Å². The molecule has 0 saturated carbocycles. The minimum atomic E-state index is 0.875. The fraction of sp³-hybridized carbons (Fsp3) is 0.583. The summed E-state index contributed by atoms with van der Waals surface area (Å²) in [5.74, 6) is 0. The molecule has 14 heavy (non-hydrogen) atoms. The Labute approximate surface area is 92.4 Å². The standard InChI is InChI=1S/C10H15NS.C2H6/c1-5-11-10-9(7(2)3)6-8(4)12-10;1-2/h6H,5H2,1-4H3;1-2H3. The van der Waals surface area contributed by atoms with E-state index in [2.05, 4.69) is 38.8 Å². The summed E-state index contributed by atoms with van der Waals surface area (Å²) in [4.78, 5) is 5.79. The molecule has 0 spiro atoms. The summed E-state index contributed by atoms with van der Waals surface area (Å²) in [6, 6.07) is 0. The van der Waals surface area contributed by atoms with Crippen LogP contribution < -0.4 is 0 Å². The fourth-order valence-corrected chi connectivity index (χ4v) is 2.17. The zero-order valence-corrected chi connectivity index (χ0v) is 11.0. The molecule has 0 radical (unpaired) electrons. The van der Waals surface area contributed by atoms with Crippen LogP contribution in [-0.2, 0) is 0 Å². The first-order valence-electron chi connectivity index (χ1n) is 5.23. The predicted octanol–water partition coefficient (Wildman–Crippen LogP) is 4.42. The third-order valence-corrected chi connectivity index (χ3v) is 2.66. The van der Waals surface area contributed by atoms with Crippen LogP contribution in [0.25, 0.3) is 0 Å². The van der Waals surface area contributed by atoms with Crippen molar-refractivity contribution in [3.63, 3.8) is 0 Å². The van der Waals surface area contributed by atoms with Crippen LogP contribution in [0.3, 0.4) is 0 Å². The molecule has 1 aliphatic heterocycles. The molecular formula is C12H21NS. The van der Waals surface area contributed by atoms with Crippen LogP contribution in [0.15, 0.2) is 27.1 Å². The minimum absolute atomic E-state index is 0.875. The fourth-order valence-electron chi connectivity index (χ4n) is 1.12. The molecule has 0 aromatic heterocycles. The maximum absolute atomic E-state index is 4.45. The molecule has 1 rings (SSSR count). The maximum atomic E-state index is 4.45. The molecule has 0 unspecified atom stereocenters. The summed E-state index contributed by atoms with van der Waals surface area (Å²) in [5.41, 5.74) is 2.67. The Morgan fingerprint density at radius 1 is 1.36 bits per heavy atom. The Morgan fingerprint density at radius 2 is 1.93 bits per heavy atom. The van der Waals surface area contributed by atoms with Gasteiger partial charge in [-0.05, 0) is 38.7 Å². The minimum Gasteiger partial charge on any atom is -0.278 e. The van der Waals surface area contributed by atoms with Crippen LogP contribution in [0, 0.1) is 0 Å². The first-order valence-corrected chi connectivity index (χ1v) is 6.05. The lowest BCUT2D eigenvalue weighted by atomic mass is 10.1. The van der Waals surface area contributed by atoms with Crippen LogP contribution in [0.5, 0.6) is 0 Å². The number of aliphatic imine (C=N–C) groups is 1. The van der Waals surface area contributed by atoms with E-state index in [0.717, 1.165) is 6.54 Å². The average Bonchev–Trinajstić information content (AvgIpc) is 2.51. The molecule has 0 aromatic rings. The van der Waals surface area contributed by atoms with E-state index in [0.29, 0.717) is 0 Å². The van der Waals surface area contributed by atoms with E-state index in [1.807, 2.05) is 13.8 Å². The van der Waals surface area contributed by atoms with Gasteiger partial charge >= 0.3 is 0 Å². The van der Waals surface area contributed by atoms with Crippen molar-refractivity contribution in [3.8, 4) is 0 Å². The number of hydrogen-bond donors (Lipinski definition) is 0. The monoisotopic (exact) mass is 211 g/mol. The van der Waals surface area contributed by atoms with E-state index in [1.54, 1.807) is 11.8 Å². The van der Waals surface area contributed by atoms with E-state index in [9.17, 15) is 0 Å². The van der Waals surface area contributed by atoms with Crippen molar-refractivity contribution < 1.29 is 0 Å². The lowest BCUT2D eigenvalue weighted by Gasteiger charge is -1.99. The van der Waals surface area contributed by atoms with Gasteiger partial charge in [0.1, 0.15) is 5.04 Å². The van der Waals surface area contributed by atoms with Crippen LogP contribution in [0.4, 0.5) is 0 Å². The van der Waals surface area contributed by atoms with Gasteiger partial charge in [-0.25, -0.2) is 0 Å². The van der Waals surface area contributed by atoms with Gasteiger partial charge in [0.2, 0.25) is 0 Å². The highest BCUT2D eigenvalue weighted by molar-refractivity contribution is 8.18. The van der Waals surface area contributed by atoms with Crippen molar-refractivity contribution in [1.82, 2.24) is 0 Å². The molecule has 0 saturated heterocycles. The Hall–Kier alpha value is -0.500. The van der Waals surface area contributed by atoms with Crippen molar-refractivity contribution in [2.75, 3.05) is 6.54 Å². The molecule has 0 aromatic carbocycles. The van der Waals surface area contributed by atoms with Crippen molar-refractivity contribution in [3.05, 3.63) is 22.1 Å². The maximum Gasteiger partial charge on any atom is 0.102 e. The Bertz CT molecular complexity index is 268. The Kier molecular flexibility index (Phi) is 6.64. The summed E-state index contributed by atoms with van der Waals surface area (Å²) in [7, 11) is 0. The largest absolute Gasteiger partial charge is 0.278 e. The topological polar surface area (TPSA) is 12.4 Å². The van der Waals surface area contributed by atoms with E-state index in [-0.39, 0.29) is 0 Å². The molecular weight excluding hydrogens is 190 g/mol. The Balaban J connectivity index is 0.000000791. The van der Waals surface area contributed by atoms with Gasteiger partial charge in [-0.15, -0.1) is 0 Å². The molecule has 0 aliphatic carbocycles. The Morgan fingerprint density at radius 3 is 2.36 bits per heavy atom. The average molecular weight is 211 g/mol. The predicted molar refractivity (Wildman–Crippen MR) is 69.0 cm³/mol. The second-order valence-electron chi connectivity index (χ2n) is 3.05. The summed E-state index contributed by atoms with van der Waals surface area (Å²) >= 11 is 1.78. The van der Waals surface area contributed by atoms with Gasteiger partial charge in [-0.2, -0.15) is 0 Å². The van der Waals surface area contributed by atoms with Gasteiger partial charge in [-0.3, -0.25) is 4.99 Å². The molecule has 0 atom stereocenters. The zero-order valence-electron chi connectivity index (χ0n) is 10.1. The van der Waals surface area contributed by atoms with Crippen molar-refractivity contribution >= 4 is 16.8 Å². The van der Waals surface area contributed by atoms with Crippen LogP contribution in [0.2, 0.25) is 0 Å². The molecule has 0 bridgehead atoms. The van der Waals surface area contributed by atoms with Gasteiger partial charge in [0.15, 0.2) is 0 Å². The lowest BCUT2D eigenvalue weighted by molar-refractivity contribution is 1.14. The second-order valence-corrected chi connectivity index (χ2v) is 4.28. The normalized spacial score (nSPS) is 17.7. The zero-order chi connectivity index (χ0) is 11.1. The number of thioether (sulfide) groups is 1. The van der Waals surface area contributed by atoms with Crippen LogP contribution in [0.1, 0.15) is 41.5 Å². The number of allylic oxidation sites excluding steroid dienone is 3. The molecule has 0 fully saturated rings. The molecule has 80 valence electrons. The number of nitrogens with zero attached hydrogens (tertiary/aromatic N) is 1. The van der Waals surface area contributed by atoms with E-state index < -0.39 is 0 Å². The SMILES string of the molecule is CC.CCN=C1SC(C)=CC1=C(C)C. The van der Waals surface area contributed by atoms with Crippen LogP contribution >= 0.6 is 11.8 Å². The van der Waals surface area contributed by atoms with Crippen LogP contribution in [-0.4, -0.2) is 11.6 Å². The molecule has 2 heteroatoms. The third kappa shape index (κ3) is 3.70. The first-order chi connectivity index (χ1) is 6.65. The quantitative estimate of drug-likeness (QED) is 0.625. The van der Waals surface area contributed by atoms with E-state index in [1.165, 1.54) is 21.1 Å². The van der Waals surface area contributed by atoms with Crippen molar-refractivity contribution in [2.45, 2.75) is 41.5 Å². The second kappa shape index (κ2) is 6.88. The summed E-state index contributed by atoms with van der Waals surface area (Å²) in [6.07, 6.45) is 2.22. The highest BCUT2D eigenvalue weighted by Gasteiger charge is 2.15. The third-order valence-electron chi connectivity index (χ3n) is 1.68. The molecule has 0 amide bonds. The van der Waals surface area contributed by atoms with Gasteiger partial charge in [0.25, 0.3) is 0 Å². The number of hydrogen-bond acceptors (Lipinski definition) is 2. The van der Waals surface area contributed by atoms with Gasteiger partial charge in [0, 0.05) is 12.1 Å². The molecule has 1 heterocycles. The molecule has 1 aliphatic rings. The first kappa shape index (κ1) is 13.5. The van der Waals surface area contributed by atoms with Gasteiger partial charge in [0.05, 0.1) is 0 Å². The highest BCUT2D eigenvalue weighted by atomic mass is 32.2. The van der Waals surface area contributed by atoms with Crippen molar-refractivity contribution in [1.29, 1.82) is 0 Å². The smallest absolute Gasteiger partial charge is 0.102 e. The van der Waals surface area contributed by atoms with E-state index in [4.69, 9.17) is 0 Å². The van der Waals surface area contributed by atoms with Crippen molar-refractivity contribution in [2.24, 2.45) is 4.99 Å². The lowest BCUT2D eigenvalue weighted by Crippen LogP contribution is -1.93. The number of rotatable bonds is 1. The summed E-state index contributed by atoms with van der Waals surface area (Å²) in [5, 5.41) is 1.19. The summed E-state index contributed by atoms with van der Waals surface area (Å²) < 4.78 is 0. The molecule has 1 nitrogen and oxygen atoms in total.